The lowest BCUT2D eigenvalue weighted by molar-refractivity contribution is -0.00540. The number of hydrogen-bond acceptors (Lipinski definition) is 3. The molecule has 0 heterocycles. The largest absolute Gasteiger partial charge is 0.496 e. The van der Waals surface area contributed by atoms with Crippen LogP contribution in [-0.4, -0.2) is 30.3 Å². The molecule has 0 aromatic heterocycles. The topological polar surface area (TPSA) is 58.6 Å². The van der Waals surface area contributed by atoms with Gasteiger partial charge in [-0.3, -0.25) is 4.79 Å². The highest BCUT2D eigenvalue weighted by Gasteiger charge is 2.32. The van der Waals surface area contributed by atoms with E-state index in [1.807, 2.05) is 13.0 Å². The van der Waals surface area contributed by atoms with Crippen molar-refractivity contribution in [1.82, 2.24) is 5.32 Å². The average Bonchev–Trinajstić information content (AvgIpc) is 2.49. The molecule has 21 heavy (non-hydrogen) atoms. The van der Waals surface area contributed by atoms with Gasteiger partial charge < -0.3 is 15.2 Å². The first kappa shape index (κ1) is 15.8. The van der Waals surface area contributed by atoms with Crippen molar-refractivity contribution in [2.24, 2.45) is 5.92 Å². The zero-order chi connectivity index (χ0) is 15.5. The van der Waals surface area contributed by atoms with E-state index in [0.29, 0.717) is 23.8 Å². The maximum atomic E-state index is 12.2. The molecular formula is C17H25NO3. The molecule has 1 aliphatic carbocycles. The molecule has 2 rings (SSSR count). The molecule has 1 saturated carbocycles. The van der Waals surface area contributed by atoms with Crippen LogP contribution in [0.25, 0.3) is 0 Å². The van der Waals surface area contributed by atoms with Gasteiger partial charge in [-0.2, -0.15) is 0 Å². The maximum Gasteiger partial charge on any atom is 0.251 e. The Morgan fingerprint density at radius 3 is 2.71 bits per heavy atom. The Morgan fingerprint density at radius 1 is 1.43 bits per heavy atom. The summed E-state index contributed by atoms with van der Waals surface area (Å²) in [6.45, 7) is 4.46. The van der Waals surface area contributed by atoms with E-state index in [1.165, 1.54) is 0 Å². The van der Waals surface area contributed by atoms with E-state index in [4.69, 9.17) is 4.74 Å². The van der Waals surface area contributed by atoms with Crippen molar-refractivity contribution in [3.05, 3.63) is 29.3 Å². The van der Waals surface area contributed by atoms with E-state index >= 15 is 0 Å². The van der Waals surface area contributed by atoms with Gasteiger partial charge >= 0.3 is 0 Å². The summed E-state index contributed by atoms with van der Waals surface area (Å²) in [5, 5.41) is 13.3. The van der Waals surface area contributed by atoms with Gasteiger partial charge in [0.1, 0.15) is 5.75 Å². The van der Waals surface area contributed by atoms with Crippen LogP contribution in [0.3, 0.4) is 0 Å². The van der Waals surface area contributed by atoms with Gasteiger partial charge in [0.05, 0.1) is 12.7 Å². The van der Waals surface area contributed by atoms with Crippen LogP contribution in [0.4, 0.5) is 0 Å². The highest BCUT2D eigenvalue weighted by Crippen LogP contribution is 2.31. The quantitative estimate of drug-likeness (QED) is 0.896. The molecule has 1 fully saturated rings. The molecule has 0 bridgehead atoms. The Balaban J connectivity index is 1.95. The predicted octanol–water partition coefficient (Wildman–Crippen LogP) is 2.67. The number of nitrogens with one attached hydrogen (secondary N) is 1. The van der Waals surface area contributed by atoms with Gasteiger partial charge in [0.2, 0.25) is 0 Å². The summed E-state index contributed by atoms with van der Waals surface area (Å²) in [5.41, 5.74) is 0.802. The van der Waals surface area contributed by atoms with Crippen LogP contribution in [0.15, 0.2) is 18.2 Å². The molecule has 4 heteroatoms. The zero-order valence-corrected chi connectivity index (χ0v) is 13.1. The maximum absolute atomic E-state index is 12.2. The van der Waals surface area contributed by atoms with Gasteiger partial charge in [0, 0.05) is 12.1 Å². The second kappa shape index (κ2) is 6.48. The number of amides is 1. The normalized spacial score (nSPS) is 25.4. The smallest absolute Gasteiger partial charge is 0.251 e. The molecule has 0 atom stereocenters. The van der Waals surface area contributed by atoms with Crippen molar-refractivity contribution < 1.29 is 14.6 Å². The summed E-state index contributed by atoms with van der Waals surface area (Å²) < 4.78 is 5.23. The fraction of sp³-hybridized carbons (Fsp3) is 0.588. The minimum Gasteiger partial charge on any atom is -0.496 e. The molecule has 0 unspecified atom stereocenters. The zero-order valence-electron chi connectivity index (χ0n) is 13.1. The molecule has 1 aromatic rings. The highest BCUT2D eigenvalue weighted by atomic mass is 16.5. The Morgan fingerprint density at radius 2 is 2.10 bits per heavy atom. The van der Waals surface area contributed by atoms with Crippen molar-refractivity contribution in [1.29, 1.82) is 0 Å². The third-order valence-corrected chi connectivity index (χ3v) is 4.45. The van der Waals surface area contributed by atoms with Crippen molar-refractivity contribution >= 4 is 5.91 Å². The van der Waals surface area contributed by atoms with Crippen molar-refractivity contribution in [3.63, 3.8) is 0 Å². The second-order valence-electron chi connectivity index (χ2n) is 6.27. The van der Waals surface area contributed by atoms with Gasteiger partial charge in [0.15, 0.2) is 0 Å². The van der Waals surface area contributed by atoms with Crippen molar-refractivity contribution in [2.75, 3.05) is 13.7 Å². The van der Waals surface area contributed by atoms with E-state index in [2.05, 4.69) is 12.2 Å². The summed E-state index contributed by atoms with van der Waals surface area (Å²) in [7, 11) is 1.59. The number of ether oxygens (including phenoxy) is 1. The first-order valence-corrected chi connectivity index (χ1v) is 7.59. The lowest BCUT2D eigenvalue weighted by atomic mass is 9.79. The molecular weight excluding hydrogens is 266 g/mol. The summed E-state index contributed by atoms with van der Waals surface area (Å²) in [5.74, 6) is 1.20. The van der Waals surface area contributed by atoms with Gasteiger partial charge in [0.25, 0.3) is 5.91 Å². The van der Waals surface area contributed by atoms with Crippen LogP contribution in [0.1, 0.15) is 48.5 Å². The van der Waals surface area contributed by atoms with Crippen LogP contribution in [-0.2, 0) is 0 Å². The van der Waals surface area contributed by atoms with Gasteiger partial charge in [-0.15, -0.1) is 0 Å². The summed E-state index contributed by atoms with van der Waals surface area (Å²) >= 11 is 0. The van der Waals surface area contributed by atoms with Crippen molar-refractivity contribution in [3.8, 4) is 5.75 Å². The van der Waals surface area contributed by atoms with Crippen LogP contribution in [0.5, 0.6) is 5.75 Å². The number of rotatable bonds is 4. The minimum atomic E-state index is -0.753. The molecule has 4 nitrogen and oxygen atoms in total. The number of hydrogen-bond donors (Lipinski definition) is 2. The van der Waals surface area contributed by atoms with Crippen LogP contribution in [0.2, 0.25) is 0 Å². The summed E-state index contributed by atoms with van der Waals surface area (Å²) in [4.78, 5) is 12.2. The molecule has 1 aromatic carbocycles. The average molecular weight is 291 g/mol. The molecule has 116 valence electrons. The number of carbonyl (C=O) groups is 1. The fourth-order valence-corrected chi connectivity index (χ4v) is 2.78. The molecule has 0 aliphatic heterocycles. The lowest BCUT2D eigenvalue weighted by Crippen LogP contribution is -2.45. The number of benzene rings is 1. The first-order valence-electron chi connectivity index (χ1n) is 7.59. The molecule has 0 saturated heterocycles. The SMILES string of the molecule is COc1cc(C(=O)NCC2(O)CCC(C)CC2)ccc1C. The van der Waals surface area contributed by atoms with Crippen molar-refractivity contribution in [2.45, 2.75) is 45.1 Å². The lowest BCUT2D eigenvalue weighted by Gasteiger charge is -2.34. The van der Waals surface area contributed by atoms with Gasteiger partial charge in [-0.05, 0) is 56.2 Å². The molecule has 0 radical (unpaired) electrons. The Labute approximate surface area is 126 Å². The fourth-order valence-electron chi connectivity index (χ4n) is 2.78. The Hall–Kier alpha value is -1.55. The standard InChI is InChI=1S/C17H25NO3/c1-12-6-8-17(20,9-7-12)11-18-16(19)14-5-4-13(2)15(10-14)21-3/h4-5,10,12,20H,6-9,11H2,1-3H3,(H,18,19). The van der Waals surface area contributed by atoms with Crippen LogP contribution < -0.4 is 10.1 Å². The Bertz CT molecular complexity index is 505. The predicted molar refractivity (Wildman–Crippen MR) is 82.6 cm³/mol. The molecule has 1 amide bonds. The number of aliphatic hydroxyl groups is 1. The highest BCUT2D eigenvalue weighted by molar-refractivity contribution is 5.94. The van der Waals surface area contributed by atoms with E-state index in [9.17, 15) is 9.90 Å². The number of methoxy groups -OCH3 is 1. The van der Waals surface area contributed by atoms with E-state index in [0.717, 1.165) is 31.2 Å². The Kier molecular flexibility index (Phi) is 4.88. The van der Waals surface area contributed by atoms with E-state index < -0.39 is 5.60 Å². The van der Waals surface area contributed by atoms with E-state index in [-0.39, 0.29) is 5.91 Å². The molecule has 0 spiro atoms. The number of aryl methyl sites for hydroxylation is 1. The third-order valence-electron chi connectivity index (χ3n) is 4.45. The minimum absolute atomic E-state index is 0.166. The monoisotopic (exact) mass is 291 g/mol. The van der Waals surface area contributed by atoms with E-state index in [1.54, 1.807) is 19.2 Å². The first-order chi connectivity index (χ1) is 9.93. The molecule has 2 N–H and O–H groups in total. The van der Waals surface area contributed by atoms with Crippen LogP contribution in [0, 0.1) is 12.8 Å². The van der Waals surface area contributed by atoms with Crippen LogP contribution >= 0.6 is 0 Å². The summed E-state index contributed by atoms with van der Waals surface area (Å²) in [6.07, 6.45) is 3.55. The van der Waals surface area contributed by atoms with Gasteiger partial charge in [-0.1, -0.05) is 13.0 Å². The second-order valence-corrected chi connectivity index (χ2v) is 6.27. The van der Waals surface area contributed by atoms with Gasteiger partial charge in [-0.25, -0.2) is 0 Å². The summed E-state index contributed by atoms with van der Waals surface area (Å²) in [6, 6.07) is 5.38. The molecule has 1 aliphatic rings. The number of carbonyl (C=O) groups excluding carboxylic acids is 1. The third kappa shape index (κ3) is 3.97.